The Kier molecular flexibility index (Phi) is 1.43. The Bertz CT molecular complexity index is 218. The Labute approximate surface area is 67.3 Å². The molecular weight excluding hydrogens is 168 g/mol. The molecule has 12 heavy (non-hydrogen) atoms. The van der Waals surface area contributed by atoms with Gasteiger partial charge in [-0.25, -0.2) is 4.79 Å². The first-order valence-electron chi connectivity index (χ1n) is 3.50. The van der Waals surface area contributed by atoms with E-state index in [0.717, 1.165) is 0 Å². The zero-order valence-electron chi connectivity index (χ0n) is 6.01. The van der Waals surface area contributed by atoms with E-state index in [1.165, 1.54) is 0 Å². The number of aliphatic hydroxyl groups is 2. The molecule has 68 valence electrons. The van der Waals surface area contributed by atoms with E-state index in [4.69, 9.17) is 20.1 Å². The summed E-state index contributed by atoms with van der Waals surface area (Å²) in [5.74, 6) is -2.99. The summed E-state index contributed by atoms with van der Waals surface area (Å²) in [5.41, 5.74) is 0. The van der Waals surface area contributed by atoms with E-state index in [1.54, 1.807) is 0 Å². The lowest BCUT2D eigenvalue weighted by Gasteiger charge is -2.52. The fraction of sp³-hybridized carbons (Fsp3) is 0.833. The topological polar surface area (TPSA) is 96.2 Å². The maximum Gasteiger partial charge on any atom is 0.364 e. The van der Waals surface area contributed by atoms with Crippen LogP contribution in [0.1, 0.15) is 6.42 Å². The van der Waals surface area contributed by atoms with Crippen LogP contribution in [0.2, 0.25) is 0 Å². The lowest BCUT2D eigenvalue weighted by Crippen LogP contribution is -2.70. The molecule has 0 aliphatic carbocycles. The van der Waals surface area contributed by atoms with E-state index < -0.39 is 30.3 Å². The van der Waals surface area contributed by atoms with Crippen LogP contribution in [0, 0.1) is 0 Å². The Morgan fingerprint density at radius 3 is 2.42 bits per heavy atom. The highest BCUT2D eigenvalue weighted by atomic mass is 16.8. The van der Waals surface area contributed by atoms with Crippen molar-refractivity contribution in [1.82, 2.24) is 0 Å². The maximum atomic E-state index is 10.5. The lowest BCUT2D eigenvalue weighted by atomic mass is 9.92. The Morgan fingerprint density at radius 1 is 1.42 bits per heavy atom. The molecule has 4 atom stereocenters. The SMILES string of the molecule is O=C(O)C12C[C@@H](O1)C(O)[C@H](O)O2. The maximum absolute atomic E-state index is 10.5. The highest BCUT2D eigenvalue weighted by Crippen LogP contribution is 2.42. The summed E-state index contributed by atoms with van der Waals surface area (Å²) in [6.45, 7) is 0. The van der Waals surface area contributed by atoms with Crippen LogP contribution in [-0.2, 0) is 14.3 Å². The summed E-state index contributed by atoms with van der Waals surface area (Å²) in [6, 6.07) is 0. The third-order valence-corrected chi connectivity index (χ3v) is 2.12. The van der Waals surface area contributed by atoms with Gasteiger partial charge in [0.05, 0.1) is 6.10 Å². The van der Waals surface area contributed by atoms with Crippen molar-refractivity contribution in [3.05, 3.63) is 0 Å². The second-order valence-corrected chi connectivity index (χ2v) is 2.92. The zero-order valence-corrected chi connectivity index (χ0v) is 6.01. The Hall–Kier alpha value is -0.690. The minimum atomic E-state index is -1.72. The average molecular weight is 176 g/mol. The van der Waals surface area contributed by atoms with E-state index in [9.17, 15) is 4.79 Å². The largest absolute Gasteiger partial charge is 0.477 e. The fourth-order valence-corrected chi connectivity index (χ4v) is 1.40. The van der Waals surface area contributed by atoms with Gasteiger partial charge in [0, 0.05) is 6.42 Å². The highest BCUT2D eigenvalue weighted by Gasteiger charge is 2.63. The normalized spacial score (nSPS) is 51.3. The van der Waals surface area contributed by atoms with Gasteiger partial charge in [-0.2, -0.15) is 0 Å². The number of carboxylic acid groups (broad SMARTS) is 1. The number of aliphatic hydroxyl groups excluding tert-OH is 2. The predicted molar refractivity (Wildman–Crippen MR) is 33.0 cm³/mol. The molecule has 6 nitrogen and oxygen atoms in total. The molecule has 3 heterocycles. The van der Waals surface area contributed by atoms with Gasteiger partial charge in [0.1, 0.15) is 6.10 Å². The van der Waals surface area contributed by atoms with Gasteiger partial charge >= 0.3 is 5.97 Å². The van der Waals surface area contributed by atoms with E-state index in [-0.39, 0.29) is 6.42 Å². The molecule has 3 aliphatic heterocycles. The first kappa shape index (κ1) is 7.93. The monoisotopic (exact) mass is 176 g/mol. The highest BCUT2D eigenvalue weighted by molar-refractivity contribution is 5.77. The first-order chi connectivity index (χ1) is 5.55. The third-order valence-electron chi connectivity index (χ3n) is 2.12. The number of ether oxygens (including phenoxy) is 2. The number of rotatable bonds is 1. The van der Waals surface area contributed by atoms with Crippen molar-refractivity contribution in [3.8, 4) is 0 Å². The van der Waals surface area contributed by atoms with Crippen molar-refractivity contribution in [2.24, 2.45) is 0 Å². The zero-order chi connectivity index (χ0) is 8.93. The first-order valence-corrected chi connectivity index (χ1v) is 3.50. The summed E-state index contributed by atoms with van der Waals surface area (Å²) >= 11 is 0. The van der Waals surface area contributed by atoms with Crippen LogP contribution in [0.15, 0.2) is 0 Å². The third kappa shape index (κ3) is 0.802. The van der Waals surface area contributed by atoms with E-state index >= 15 is 0 Å². The number of hydrogen-bond donors (Lipinski definition) is 3. The number of fused-ring (bicyclic) bond motifs is 2. The van der Waals surface area contributed by atoms with Crippen LogP contribution in [0.25, 0.3) is 0 Å². The molecule has 2 bridgehead atoms. The molecule has 3 saturated heterocycles. The molecule has 0 aromatic carbocycles. The standard InChI is InChI=1S/C6H8O6/c7-3-2-1-6(11-2,5(9)10)12-4(3)8/h2-4,7-8H,1H2,(H,9,10)/t2-,3?,4-,6?/m1/s1. The number of hydrogen-bond acceptors (Lipinski definition) is 5. The number of aliphatic carboxylic acids is 1. The van der Waals surface area contributed by atoms with Gasteiger partial charge in [-0.1, -0.05) is 0 Å². The van der Waals surface area contributed by atoms with Crippen molar-refractivity contribution in [1.29, 1.82) is 0 Å². The molecule has 3 aliphatic rings. The summed E-state index contributed by atoms with van der Waals surface area (Å²) in [7, 11) is 0. The van der Waals surface area contributed by atoms with Crippen LogP contribution >= 0.6 is 0 Å². The molecule has 0 amide bonds. The second kappa shape index (κ2) is 2.17. The van der Waals surface area contributed by atoms with Crippen LogP contribution in [0.3, 0.4) is 0 Å². The van der Waals surface area contributed by atoms with Gasteiger partial charge < -0.3 is 24.8 Å². The minimum Gasteiger partial charge on any atom is -0.477 e. The van der Waals surface area contributed by atoms with Crippen molar-refractivity contribution in [2.45, 2.75) is 30.7 Å². The van der Waals surface area contributed by atoms with Crippen molar-refractivity contribution in [3.63, 3.8) is 0 Å². The summed E-state index contributed by atoms with van der Waals surface area (Å²) < 4.78 is 9.37. The molecule has 0 saturated carbocycles. The van der Waals surface area contributed by atoms with Crippen molar-refractivity contribution in [2.75, 3.05) is 0 Å². The number of carboxylic acids is 1. The van der Waals surface area contributed by atoms with Gasteiger partial charge in [-0.15, -0.1) is 0 Å². The van der Waals surface area contributed by atoms with Gasteiger partial charge in [-0.3, -0.25) is 0 Å². The Morgan fingerprint density at radius 2 is 2.00 bits per heavy atom. The van der Waals surface area contributed by atoms with Crippen LogP contribution in [0.5, 0.6) is 0 Å². The molecule has 2 unspecified atom stereocenters. The van der Waals surface area contributed by atoms with E-state index in [0.29, 0.717) is 0 Å². The van der Waals surface area contributed by atoms with Gasteiger partial charge in [-0.05, 0) is 0 Å². The minimum absolute atomic E-state index is 0.0839. The molecule has 3 rings (SSSR count). The van der Waals surface area contributed by atoms with Crippen LogP contribution in [-0.4, -0.2) is 45.6 Å². The van der Waals surface area contributed by atoms with E-state index in [2.05, 4.69) is 4.74 Å². The molecule has 3 N–H and O–H groups in total. The van der Waals surface area contributed by atoms with Crippen LogP contribution in [0.4, 0.5) is 0 Å². The van der Waals surface area contributed by atoms with E-state index in [1.807, 2.05) is 0 Å². The molecule has 6 heteroatoms. The Balaban J connectivity index is 2.14. The average Bonchev–Trinajstić information content (AvgIpc) is 1.91. The van der Waals surface area contributed by atoms with Crippen molar-refractivity contribution >= 4 is 5.97 Å². The van der Waals surface area contributed by atoms with Gasteiger partial charge in [0.25, 0.3) is 5.79 Å². The predicted octanol–water partition coefficient (Wildman–Crippen LogP) is -1.73. The smallest absolute Gasteiger partial charge is 0.364 e. The quantitative estimate of drug-likeness (QED) is 0.439. The fourth-order valence-electron chi connectivity index (χ4n) is 1.40. The van der Waals surface area contributed by atoms with Crippen LogP contribution < -0.4 is 0 Å². The lowest BCUT2D eigenvalue weighted by molar-refractivity contribution is -0.438. The molecular formula is C6H8O6. The summed E-state index contributed by atoms with van der Waals surface area (Å²) in [5, 5.41) is 26.7. The van der Waals surface area contributed by atoms with Gasteiger partial charge in [0.2, 0.25) is 0 Å². The van der Waals surface area contributed by atoms with Crippen molar-refractivity contribution < 1.29 is 29.6 Å². The molecule has 0 spiro atoms. The summed E-state index contributed by atoms with van der Waals surface area (Å²) in [4.78, 5) is 10.5. The molecule has 0 aromatic heterocycles. The van der Waals surface area contributed by atoms with Gasteiger partial charge in [0.15, 0.2) is 6.29 Å². The molecule has 0 aromatic rings. The summed E-state index contributed by atoms with van der Waals surface area (Å²) in [6.07, 6.45) is -3.15. The molecule has 0 radical (unpaired) electrons. The molecule has 3 fully saturated rings. The number of carbonyl (C=O) groups is 1. The second-order valence-electron chi connectivity index (χ2n) is 2.92.